The van der Waals surface area contributed by atoms with Crippen LogP contribution in [0.1, 0.15) is 25.7 Å². The second-order valence-electron chi connectivity index (χ2n) is 9.17. The number of allylic oxidation sites excluding steroid dienone is 4. The van der Waals surface area contributed by atoms with Crippen LogP contribution in [-0.4, -0.2) is 86.0 Å². The lowest BCUT2D eigenvalue weighted by molar-refractivity contribution is -0.884. The average Bonchev–Trinajstić information content (AvgIpc) is 2.91. The second-order valence-corrected chi connectivity index (χ2v) is 11.5. The lowest BCUT2D eigenvalue weighted by Gasteiger charge is -2.29. The van der Waals surface area contributed by atoms with Crippen molar-refractivity contribution in [3.05, 3.63) is 44.5 Å². The number of rotatable bonds is 2. The van der Waals surface area contributed by atoms with Gasteiger partial charge in [-0.25, -0.2) is 0 Å². The molecule has 4 heterocycles. The third-order valence-corrected chi connectivity index (χ3v) is 8.90. The molecule has 0 N–H and O–H groups in total. The predicted octanol–water partition coefficient (Wildman–Crippen LogP) is 1.71. The van der Waals surface area contributed by atoms with Crippen molar-refractivity contribution in [1.82, 2.24) is 14.7 Å². The maximum atomic E-state index is 2.51. The van der Waals surface area contributed by atoms with Crippen LogP contribution in [0.5, 0.6) is 0 Å². The van der Waals surface area contributed by atoms with Gasteiger partial charge in [0.25, 0.3) is 0 Å². The number of quaternary nitrogens is 1. The first-order chi connectivity index (χ1) is 13.3. The first-order valence-corrected chi connectivity index (χ1v) is 12.2. The van der Waals surface area contributed by atoms with Crippen LogP contribution < -0.4 is 24.0 Å². The molecule has 0 fully saturated rings. The summed E-state index contributed by atoms with van der Waals surface area (Å²) in [6.45, 7) is 4.76. The van der Waals surface area contributed by atoms with Crippen molar-refractivity contribution in [3.8, 4) is 0 Å². The van der Waals surface area contributed by atoms with E-state index in [-0.39, 0.29) is 48.0 Å². The number of hydrogen-bond acceptors (Lipinski definition) is 5. The van der Waals surface area contributed by atoms with E-state index in [9.17, 15) is 0 Å². The minimum Gasteiger partial charge on any atom is -1.00 e. The molecule has 1 unspecified atom stereocenters. The van der Waals surface area contributed by atoms with Crippen molar-refractivity contribution in [2.45, 2.75) is 31.1 Å². The van der Waals surface area contributed by atoms with Crippen LogP contribution >= 0.6 is 47.5 Å². The molecular weight excluding hydrogens is 638 g/mol. The van der Waals surface area contributed by atoms with E-state index in [0.29, 0.717) is 5.37 Å². The third kappa shape index (κ3) is 5.95. The zero-order valence-electron chi connectivity index (χ0n) is 18.9. The molecule has 0 aromatic heterocycles. The van der Waals surface area contributed by atoms with Gasteiger partial charge in [-0.15, -0.1) is 24.0 Å². The summed E-state index contributed by atoms with van der Waals surface area (Å²) < 4.78 is 1.12. The summed E-state index contributed by atoms with van der Waals surface area (Å²) in [7, 11) is 11.5. The van der Waals surface area contributed by atoms with E-state index >= 15 is 0 Å². The summed E-state index contributed by atoms with van der Waals surface area (Å²) in [6, 6.07) is 0. The van der Waals surface area contributed by atoms with Gasteiger partial charge < -0.3 is 43.2 Å². The molecule has 0 saturated heterocycles. The predicted molar refractivity (Wildman–Crippen MR) is 139 cm³/mol. The topological polar surface area (TPSA) is 9.72 Å². The van der Waals surface area contributed by atoms with Gasteiger partial charge in [-0.1, -0.05) is 35.7 Å². The van der Waals surface area contributed by atoms with Gasteiger partial charge in [0, 0.05) is 43.4 Å². The quantitative estimate of drug-likeness (QED) is 0.326. The first-order valence-electron chi connectivity index (χ1n) is 10.5. The Balaban J connectivity index is 0.00000160. The van der Waals surface area contributed by atoms with Crippen LogP contribution in [0, 0.1) is 0 Å². The van der Waals surface area contributed by atoms with Gasteiger partial charge in [0.05, 0.1) is 35.9 Å². The highest BCUT2D eigenvalue weighted by atomic mass is 127. The first kappa shape index (κ1) is 26.9. The Labute approximate surface area is 225 Å². The molecule has 0 amide bonds. The fourth-order valence-electron chi connectivity index (χ4n) is 4.62. The maximum Gasteiger partial charge on any atom is 0.112 e. The highest BCUT2D eigenvalue weighted by Gasteiger charge is 2.34. The summed E-state index contributed by atoms with van der Waals surface area (Å²) >= 11 is 4.03. The van der Waals surface area contributed by atoms with E-state index in [1.54, 1.807) is 15.5 Å². The lowest BCUT2D eigenvalue weighted by atomic mass is 10.2. The molecule has 0 saturated carbocycles. The van der Waals surface area contributed by atoms with Gasteiger partial charge in [-0.05, 0) is 38.9 Å². The van der Waals surface area contributed by atoms with Crippen LogP contribution in [-0.2, 0) is 0 Å². The van der Waals surface area contributed by atoms with Gasteiger partial charge in [0.2, 0.25) is 0 Å². The molecule has 4 aliphatic heterocycles. The Hall–Kier alpha value is 0.640. The number of halogens is 2. The van der Waals surface area contributed by atoms with E-state index < -0.39 is 0 Å². The van der Waals surface area contributed by atoms with Crippen molar-refractivity contribution in [2.75, 3.05) is 61.4 Å². The second kappa shape index (κ2) is 11.2. The Kier molecular flexibility index (Phi) is 10.0. The molecule has 0 spiro atoms. The molecule has 170 valence electrons. The van der Waals surface area contributed by atoms with Crippen molar-refractivity contribution in [3.63, 3.8) is 0 Å². The molecular formula is C22H36I2N4S2. The van der Waals surface area contributed by atoms with Crippen LogP contribution in [0.3, 0.4) is 0 Å². The Bertz CT molecular complexity index is 760. The Morgan fingerprint density at radius 2 is 1.77 bits per heavy atom. The number of likely N-dealkylation sites (N-methyl/N-ethyl adjacent to an activating group) is 3. The van der Waals surface area contributed by atoms with Gasteiger partial charge >= 0.3 is 0 Å². The Morgan fingerprint density at radius 1 is 1.03 bits per heavy atom. The molecule has 4 rings (SSSR count). The van der Waals surface area contributed by atoms with Crippen molar-refractivity contribution in [2.24, 2.45) is 0 Å². The van der Waals surface area contributed by atoms with Crippen molar-refractivity contribution in [1.29, 1.82) is 0 Å². The lowest BCUT2D eigenvalue weighted by Crippen LogP contribution is -3.00. The number of thioether (sulfide) groups is 2. The fraction of sp³-hybridized carbons (Fsp3) is 0.636. The molecule has 0 bridgehead atoms. The van der Waals surface area contributed by atoms with E-state index in [1.165, 1.54) is 56.0 Å². The van der Waals surface area contributed by atoms with E-state index in [0.717, 1.165) is 11.0 Å². The molecule has 0 radical (unpaired) electrons. The van der Waals surface area contributed by atoms with E-state index in [4.69, 9.17) is 0 Å². The molecule has 0 aliphatic carbocycles. The molecule has 8 heteroatoms. The molecule has 30 heavy (non-hydrogen) atoms. The highest BCUT2D eigenvalue weighted by Crippen LogP contribution is 2.44. The largest absolute Gasteiger partial charge is 1.00 e. The van der Waals surface area contributed by atoms with Crippen LogP contribution in [0.4, 0.5) is 0 Å². The standard InChI is InChI=1S/C22H35N4S2.2HI/c1-23-13-7-9-17-19(15-23)27-21(24(17)2)11-6-12-22-25(3)18-10-8-14-26(4,5)16-20(18)28-22;;/h6,11-12,22H,7-10,13-16H2,1-5H3;2*1H/q+1;;/p-1. The minimum atomic E-state index is 0. The molecule has 4 aliphatic rings. The molecule has 0 aromatic carbocycles. The van der Waals surface area contributed by atoms with Crippen LogP contribution in [0.2, 0.25) is 0 Å². The third-order valence-electron chi connectivity index (χ3n) is 6.31. The molecule has 4 nitrogen and oxygen atoms in total. The molecule has 0 aromatic rings. The summed E-state index contributed by atoms with van der Waals surface area (Å²) in [4.78, 5) is 10.5. The SMILES string of the molecule is CN1CCCC2=C(C1)SC(=CC=CC1SC3=C(CCC[N+](C)(C)C3)N1C)N2C.I.[I-]. The van der Waals surface area contributed by atoms with Crippen LogP contribution in [0.25, 0.3) is 0 Å². The Morgan fingerprint density at radius 3 is 2.53 bits per heavy atom. The normalized spacial score (nSPS) is 28.3. The number of nitrogens with zero attached hydrogens (tertiary/aromatic N) is 4. The summed E-state index contributed by atoms with van der Waals surface area (Å²) in [6.07, 6.45) is 12.0. The average molecular weight is 675 g/mol. The van der Waals surface area contributed by atoms with Crippen molar-refractivity contribution >= 4 is 47.5 Å². The zero-order chi connectivity index (χ0) is 19.9. The van der Waals surface area contributed by atoms with Crippen molar-refractivity contribution < 1.29 is 28.5 Å². The monoisotopic (exact) mass is 674 g/mol. The molecule has 1 atom stereocenters. The zero-order valence-corrected chi connectivity index (χ0v) is 25.0. The highest BCUT2D eigenvalue weighted by molar-refractivity contribution is 14.0. The van der Waals surface area contributed by atoms with E-state index in [1.807, 2.05) is 11.8 Å². The minimum absolute atomic E-state index is 0. The smallest absolute Gasteiger partial charge is 0.112 e. The fourth-order valence-corrected chi connectivity index (χ4v) is 7.46. The van der Waals surface area contributed by atoms with Gasteiger partial charge in [-0.2, -0.15) is 0 Å². The van der Waals surface area contributed by atoms with Gasteiger partial charge in [-0.3, -0.25) is 0 Å². The van der Waals surface area contributed by atoms with Gasteiger partial charge in [0.1, 0.15) is 6.54 Å². The summed E-state index contributed by atoms with van der Waals surface area (Å²) in [5.74, 6) is 0. The summed E-state index contributed by atoms with van der Waals surface area (Å²) in [5, 5.41) is 1.81. The number of hydrogen-bond donors (Lipinski definition) is 0. The van der Waals surface area contributed by atoms with Crippen LogP contribution in [0.15, 0.2) is 44.5 Å². The maximum absolute atomic E-state index is 2.51. The summed E-state index contributed by atoms with van der Waals surface area (Å²) in [5.41, 5.74) is 3.12. The van der Waals surface area contributed by atoms with E-state index in [2.05, 4.69) is 79.9 Å². The van der Waals surface area contributed by atoms with Gasteiger partial charge in [0.15, 0.2) is 0 Å².